The fraction of sp³-hybridized carbons (Fsp3) is 0.217. The van der Waals surface area contributed by atoms with Crippen molar-refractivity contribution >= 4 is 33.3 Å². The largest absolute Gasteiger partial charge is 0.467 e. The molecule has 7 nitrogen and oxygen atoms in total. The highest BCUT2D eigenvalue weighted by Crippen LogP contribution is 2.29. The molecule has 0 atom stereocenters. The highest BCUT2D eigenvalue weighted by Gasteiger charge is 2.17. The Kier molecular flexibility index (Phi) is 5.44. The number of rotatable bonds is 6. The van der Waals surface area contributed by atoms with E-state index in [9.17, 15) is 4.79 Å². The van der Waals surface area contributed by atoms with Crippen molar-refractivity contribution < 1.29 is 4.42 Å². The third-order valence-electron chi connectivity index (χ3n) is 5.31. The van der Waals surface area contributed by atoms with Gasteiger partial charge in [-0.25, -0.2) is 4.98 Å². The Balaban J connectivity index is 1.48. The van der Waals surface area contributed by atoms with Gasteiger partial charge in [-0.05, 0) is 44.5 Å². The number of hydrogen-bond acceptors (Lipinski definition) is 7. The molecular weight excluding hydrogens is 442 g/mol. The molecule has 0 bridgehead atoms. The summed E-state index contributed by atoms with van der Waals surface area (Å²) in [5.74, 6) is 2.69. The molecule has 0 unspecified atom stereocenters. The van der Waals surface area contributed by atoms with E-state index in [2.05, 4.69) is 39.2 Å². The number of aromatic amines is 1. The molecule has 0 saturated heterocycles. The maximum Gasteiger partial charge on any atom is 0.259 e. The fourth-order valence-corrected chi connectivity index (χ4v) is 5.45. The highest BCUT2D eigenvalue weighted by atomic mass is 32.2. The first-order valence-electron chi connectivity index (χ1n) is 10.1. The number of aromatic nitrogens is 5. The number of thiophene rings is 1. The maximum absolute atomic E-state index is 12.6. The van der Waals surface area contributed by atoms with E-state index < -0.39 is 0 Å². The molecule has 0 aliphatic carbocycles. The molecule has 0 aliphatic heterocycles. The molecule has 0 amide bonds. The summed E-state index contributed by atoms with van der Waals surface area (Å²) in [4.78, 5) is 22.1. The van der Waals surface area contributed by atoms with Gasteiger partial charge in [0, 0.05) is 10.4 Å². The van der Waals surface area contributed by atoms with E-state index >= 15 is 0 Å². The minimum atomic E-state index is -0.0926. The molecule has 4 aromatic heterocycles. The molecule has 0 saturated carbocycles. The van der Waals surface area contributed by atoms with Gasteiger partial charge in [0.25, 0.3) is 5.56 Å². The zero-order valence-corrected chi connectivity index (χ0v) is 19.5. The van der Waals surface area contributed by atoms with Crippen molar-refractivity contribution in [2.24, 2.45) is 0 Å². The van der Waals surface area contributed by atoms with Crippen molar-refractivity contribution in [1.82, 2.24) is 24.7 Å². The van der Waals surface area contributed by atoms with E-state index in [4.69, 9.17) is 4.42 Å². The van der Waals surface area contributed by atoms with Crippen molar-refractivity contribution in [2.75, 3.05) is 0 Å². The highest BCUT2D eigenvalue weighted by molar-refractivity contribution is 7.98. The molecular formula is C23H21N5O2S2. The van der Waals surface area contributed by atoms with E-state index in [-0.39, 0.29) is 5.56 Å². The number of H-pyrrole nitrogens is 1. The van der Waals surface area contributed by atoms with Gasteiger partial charge in [-0.3, -0.25) is 9.36 Å². The van der Waals surface area contributed by atoms with Crippen molar-refractivity contribution in [1.29, 1.82) is 0 Å². The molecule has 1 N–H and O–H groups in total. The summed E-state index contributed by atoms with van der Waals surface area (Å²) in [6, 6.07) is 12.0. The number of furan rings is 1. The molecule has 0 radical (unpaired) electrons. The van der Waals surface area contributed by atoms with Crippen LogP contribution >= 0.6 is 23.1 Å². The quantitative estimate of drug-likeness (QED) is 0.352. The van der Waals surface area contributed by atoms with Crippen molar-refractivity contribution in [2.45, 2.75) is 38.2 Å². The molecule has 4 heterocycles. The number of thioether (sulfide) groups is 1. The molecule has 162 valence electrons. The monoisotopic (exact) mass is 463 g/mol. The lowest BCUT2D eigenvalue weighted by atomic mass is 10.1. The van der Waals surface area contributed by atoms with Gasteiger partial charge in [0.15, 0.2) is 11.0 Å². The van der Waals surface area contributed by atoms with Gasteiger partial charge in [0.1, 0.15) is 16.4 Å². The maximum atomic E-state index is 12.6. The molecule has 9 heteroatoms. The Hall–Kier alpha value is -3.17. The van der Waals surface area contributed by atoms with Crippen molar-refractivity contribution in [3.05, 3.63) is 80.6 Å². The first-order chi connectivity index (χ1) is 15.5. The summed E-state index contributed by atoms with van der Waals surface area (Å²) in [5, 5.41) is 10.3. The number of benzene rings is 1. The number of nitrogens with one attached hydrogen (secondary N) is 1. The Labute approximate surface area is 192 Å². The van der Waals surface area contributed by atoms with E-state index in [0.717, 1.165) is 43.1 Å². The van der Waals surface area contributed by atoms with Gasteiger partial charge in [-0.15, -0.1) is 21.5 Å². The van der Waals surface area contributed by atoms with Gasteiger partial charge >= 0.3 is 0 Å². The Bertz CT molecular complexity index is 1460. The van der Waals surface area contributed by atoms with Gasteiger partial charge in [-0.2, -0.15) is 0 Å². The molecule has 32 heavy (non-hydrogen) atoms. The molecule has 0 spiro atoms. The summed E-state index contributed by atoms with van der Waals surface area (Å²) in [7, 11) is 0. The van der Waals surface area contributed by atoms with Gasteiger partial charge < -0.3 is 9.40 Å². The molecule has 1 aromatic carbocycles. The van der Waals surface area contributed by atoms with Gasteiger partial charge in [0.05, 0.1) is 23.9 Å². The lowest BCUT2D eigenvalue weighted by Crippen LogP contribution is -2.11. The van der Waals surface area contributed by atoms with E-state index in [1.807, 2.05) is 42.7 Å². The van der Waals surface area contributed by atoms with Crippen LogP contribution in [0.2, 0.25) is 0 Å². The van der Waals surface area contributed by atoms with Crippen LogP contribution in [0.25, 0.3) is 21.6 Å². The molecule has 5 aromatic rings. The number of fused-ring (bicyclic) bond motifs is 1. The van der Waals surface area contributed by atoms with Crippen LogP contribution in [-0.2, 0) is 12.3 Å². The number of hydrogen-bond donors (Lipinski definition) is 1. The summed E-state index contributed by atoms with van der Waals surface area (Å²) in [6.07, 6.45) is 1.66. The van der Waals surface area contributed by atoms with Crippen LogP contribution < -0.4 is 5.56 Å². The summed E-state index contributed by atoms with van der Waals surface area (Å²) >= 11 is 3.04. The lowest BCUT2D eigenvalue weighted by molar-refractivity contribution is 0.485. The Morgan fingerprint density at radius 2 is 2.03 bits per heavy atom. The first-order valence-corrected chi connectivity index (χ1v) is 11.9. The predicted octanol–water partition coefficient (Wildman–Crippen LogP) is 5.10. The second-order valence-corrected chi connectivity index (χ2v) is 9.75. The topological polar surface area (TPSA) is 89.6 Å². The zero-order valence-electron chi connectivity index (χ0n) is 17.9. The Morgan fingerprint density at radius 3 is 2.81 bits per heavy atom. The van der Waals surface area contributed by atoms with E-state index in [0.29, 0.717) is 23.5 Å². The Morgan fingerprint density at radius 1 is 1.16 bits per heavy atom. The minimum absolute atomic E-state index is 0.0926. The second kappa shape index (κ2) is 8.40. The van der Waals surface area contributed by atoms with Crippen molar-refractivity contribution in [3.63, 3.8) is 0 Å². The number of aryl methyl sites for hydroxylation is 3. The summed E-state index contributed by atoms with van der Waals surface area (Å²) in [5.41, 5.74) is 3.05. The average Bonchev–Trinajstić information content (AvgIpc) is 3.48. The first kappa shape index (κ1) is 20.7. The molecule has 5 rings (SSSR count). The lowest BCUT2D eigenvalue weighted by Gasteiger charge is -2.09. The predicted molar refractivity (Wildman–Crippen MR) is 127 cm³/mol. The van der Waals surface area contributed by atoms with Crippen LogP contribution in [0.5, 0.6) is 0 Å². The van der Waals surface area contributed by atoms with Crippen LogP contribution in [0.15, 0.2) is 57.0 Å². The van der Waals surface area contributed by atoms with Crippen LogP contribution in [0.4, 0.5) is 0 Å². The van der Waals surface area contributed by atoms with Crippen LogP contribution in [0, 0.1) is 20.8 Å². The second-order valence-electron chi connectivity index (χ2n) is 7.61. The van der Waals surface area contributed by atoms with E-state index in [1.165, 1.54) is 11.8 Å². The van der Waals surface area contributed by atoms with Gasteiger partial charge in [0.2, 0.25) is 0 Å². The normalized spacial score (nSPS) is 11.5. The number of nitrogens with zero attached hydrogens (tertiary/aromatic N) is 4. The smallest absolute Gasteiger partial charge is 0.259 e. The summed E-state index contributed by atoms with van der Waals surface area (Å²) in [6.45, 7) is 6.54. The summed E-state index contributed by atoms with van der Waals surface area (Å²) < 4.78 is 7.61. The standard InChI is InChI=1S/C23H21N5O2S2/c1-13-6-4-7-16(10-13)20-26-27-23(28(20)11-17-8-5-9-30-17)31-12-18-24-21(29)19-14(2)15(3)32-22(19)25-18/h4-10H,11-12H2,1-3H3,(H,24,25,29). The van der Waals surface area contributed by atoms with E-state index in [1.54, 1.807) is 17.6 Å². The molecule has 0 fully saturated rings. The minimum Gasteiger partial charge on any atom is -0.467 e. The van der Waals surface area contributed by atoms with Crippen molar-refractivity contribution in [3.8, 4) is 11.4 Å². The molecule has 0 aliphatic rings. The third-order valence-corrected chi connectivity index (χ3v) is 7.39. The van der Waals surface area contributed by atoms with Crippen LogP contribution in [0.1, 0.15) is 27.6 Å². The average molecular weight is 464 g/mol. The van der Waals surface area contributed by atoms with Gasteiger partial charge in [-0.1, -0.05) is 35.5 Å². The SMILES string of the molecule is Cc1cccc(-c2nnc(SCc3nc4sc(C)c(C)c4c(=O)[nH]3)n2Cc2ccco2)c1. The van der Waals surface area contributed by atoms with Crippen LogP contribution in [-0.4, -0.2) is 24.7 Å². The third kappa shape index (κ3) is 3.89. The zero-order chi connectivity index (χ0) is 22.2. The fourth-order valence-electron chi connectivity index (χ4n) is 3.59. The van der Waals surface area contributed by atoms with Crippen LogP contribution in [0.3, 0.4) is 0 Å².